The van der Waals surface area contributed by atoms with Crippen LogP contribution >= 0.6 is 0 Å². The molecule has 0 aliphatic carbocycles. The van der Waals surface area contributed by atoms with Gasteiger partial charge < -0.3 is 4.74 Å². The molecule has 4 nitrogen and oxygen atoms in total. The van der Waals surface area contributed by atoms with Crippen molar-refractivity contribution in [3.63, 3.8) is 0 Å². The van der Waals surface area contributed by atoms with Gasteiger partial charge in [0.2, 0.25) is 6.04 Å². The summed E-state index contributed by atoms with van der Waals surface area (Å²) in [6, 6.07) is 7.96. The number of hydrogen-bond acceptors (Lipinski definition) is 3. The first-order valence-corrected chi connectivity index (χ1v) is 11.0. The van der Waals surface area contributed by atoms with E-state index in [0.29, 0.717) is 6.54 Å². The number of unbranched alkanes of at least 4 members (excludes halogenated alkanes) is 11. The van der Waals surface area contributed by atoms with Crippen LogP contribution in [0.5, 0.6) is 5.75 Å². The van der Waals surface area contributed by atoms with E-state index < -0.39 is 0 Å². The summed E-state index contributed by atoms with van der Waals surface area (Å²) in [7, 11) is 0. The maximum Gasteiger partial charge on any atom is 0.319 e. The number of nitrogens with zero attached hydrogens (tertiary/aromatic N) is 2. The van der Waals surface area contributed by atoms with Crippen molar-refractivity contribution in [3.8, 4) is 5.75 Å². The van der Waals surface area contributed by atoms with Crippen LogP contribution in [0.2, 0.25) is 0 Å². The molecule has 0 saturated carbocycles. The van der Waals surface area contributed by atoms with Crippen molar-refractivity contribution in [2.45, 2.75) is 90.0 Å². The van der Waals surface area contributed by atoms with Gasteiger partial charge >= 0.3 is 6.34 Å². The van der Waals surface area contributed by atoms with Gasteiger partial charge in [0.25, 0.3) is 0 Å². The second kappa shape index (κ2) is 13.5. The SMILES string of the molecule is CCCCCCCCCCCCCCOc1ccc(C2C[N+](=O)C=N2)cc1. The van der Waals surface area contributed by atoms with E-state index in [2.05, 4.69) is 11.9 Å². The zero-order chi connectivity index (χ0) is 19.2. The minimum absolute atomic E-state index is 0.0344. The van der Waals surface area contributed by atoms with Crippen LogP contribution in [0.3, 0.4) is 0 Å². The molecule has 1 atom stereocenters. The molecule has 2 rings (SSSR count). The summed E-state index contributed by atoms with van der Waals surface area (Å²) in [6.45, 7) is 3.47. The van der Waals surface area contributed by atoms with Gasteiger partial charge in [-0.2, -0.15) is 0 Å². The van der Waals surface area contributed by atoms with E-state index in [9.17, 15) is 4.91 Å². The van der Waals surface area contributed by atoms with Crippen LogP contribution in [0.15, 0.2) is 29.3 Å². The predicted octanol–water partition coefficient (Wildman–Crippen LogP) is 6.63. The molecule has 1 aromatic carbocycles. The highest BCUT2D eigenvalue weighted by molar-refractivity contribution is 5.47. The van der Waals surface area contributed by atoms with Gasteiger partial charge in [0.05, 0.1) is 6.61 Å². The van der Waals surface area contributed by atoms with E-state index in [4.69, 9.17) is 4.74 Å². The van der Waals surface area contributed by atoms with Crippen LogP contribution < -0.4 is 4.74 Å². The Morgan fingerprint density at radius 3 is 1.96 bits per heavy atom. The highest BCUT2D eigenvalue weighted by Crippen LogP contribution is 2.23. The molecular weight excluding hydrogens is 336 g/mol. The normalized spacial score (nSPS) is 16.2. The molecule has 0 saturated heterocycles. The van der Waals surface area contributed by atoms with Gasteiger partial charge in [0.1, 0.15) is 5.75 Å². The fourth-order valence-electron chi connectivity index (χ4n) is 3.53. The first-order valence-electron chi connectivity index (χ1n) is 11.0. The molecule has 1 aliphatic heterocycles. The van der Waals surface area contributed by atoms with E-state index in [1.165, 1.54) is 77.0 Å². The highest BCUT2D eigenvalue weighted by Gasteiger charge is 2.26. The first kappa shape index (κ1) is 21.6. The third kappa shape index (κ3) is 9.16. The van der Waals surface area contributed by atoms with Crippen molar-refractivity contribution in [3.05, 3.63) is 34.7 Å². The summed E-state index contributed by atoms with van der Waals surface area (Å²) >= 11 is 0. The van der Waals surface area contributed by atoms with Crippen LogP contribution in [0.4, 0.5) is 0 Å². The Morgan fingerprint density at radius 1 is 0.889 bits per heavy atom. The van der Waals surface area contributed by atoms with Crippen molar-refractivity contribution in [2.24, 2.45) is 4.99 Å². The van der Waals surface area contributed by atoms with E-state index >= 15 is 0 Å². The molecule has 27 heavy (non-hydrogen) atoms. The zero-order valence-corrected chi connectivity index (χ0v) is 17.1. The summed E-state index contributed by atoms with van der Waals surface area (Å²) in [5, 5.41) is 0. The largest absolute Gasteiger partial charge is 0.494 e. The third-order valence-electron chi connectivity index (χ3n) is 5.26. The third-order valence-corrected chi connectivity index (χ3v) is 5.26. The Hall–Kier alpha value is -1.71. The topological polar surface area (TPSA) is 41.7 Å². The Balaban J connectivity index is 1.42. The Morgan fingerprint density at radius 2 is 1.44 bits per heavy atom. The summed E-state index contributed by atoms with van der Waals surface area (Å²) in [4.78, 5) is 15.4. The molecule has 4 heteroatoms. The van der Waals surface area contributed by atoms with Crippen molar-refractivity contribution >= 4 is 6.34 Å². The molecular formula is C23H37N2O2+. The molecule has 0 radical (unpaired) electrons. The predicted molar refractivity (Wildman–Crippen MR) is 113 cm³/mol. The summed E-state index contributed by atoms with van der Waals surface area (Å²) in [5.74, 6) is 0.905. The molecule has 150 valence electrons. The number of hydrogen-bond donors (Lipinski definition) is 0. The second-order valence-electron chi connectivity index (χ2n) is 7.69. The van der Waals surface area contributed by atoms with Gasteiger partial charge in [0, 0.05) is 5.56 Å². The van der Waals surface area contributed by atoms with Crippen LogP contribution in [0, 0.1) is 4.91 Å². The van der Waals surface area contributed by atoms with Crippen LogP contribution in [-0.2, 0) is 0 Å². The van der Waals surface area contributed by atoms with Gasteiger partial charge in [0.15, 0.2) is 6.54 Å². The number of ether oxygens (including phenoxy) is 1. The molecule has 0 spiro atoms. The minimum atomic E-state index is -0.0344. The Kier molecular flexibility index (Phi) is 10.8. The maximum atomic E-state index is 11.2. The summed E-state index contributed by atoms with van der Waals surface area (Å²) in [6.07, 6.45) is 17.7. The standard InChI is InChI=1S/C23H37N2O2/c1-2-3-4-5-6-7-8-9-10-11-12-13-18-27-22-16-14-21(15-17-22)23-19-25(26)20-24-23/h14-17,20,23H,2-13,18-19H2,1H3/q+1. The number of nitroso groups, excluding NO2 is 1. The van der Waals surface area contributed by atoms with Crippen molar-refractivity contribution in [1.29, 1.82) is 0 Å². The van der Waals surface area contributed by atoms with Crippen molar-refractivity contribution in [1.82, 2.24) is 0 Å². The quantitative estimate of drug-likeness (QED) is 0.256. The Labute approximate surface area is 165 Å². The first-order chi connectivity index (χ1) is 13.3. The number of benzene rings is 1. The lowest BCUT2D eigenvalue weighted by Gasteiger charge is -2.07. The maximum absolute atomic E-state index is 11.2. The lowest BCUT2D eigenvalue weighted by molar-refractivity contribution is -0.413. The number of aliphatic imine (C=N–C) groups is 1. The van der Waals surface area contributed by atoms with Crippen molar-refractivity contribution in [2.75, 3.05) is 13.2 Å². The molecule has 0 N–H and O–H groups in total. The van der Waals surface area contributed by atoms with Crippen LogP contribution in [0.1, 0.15) is 95.6 Å². The van der Waals surface area contributed by atoms with Gasteiger partial charge in [-0.05, 0) is 23.3 Å². The lowest BCUT2D eigenvalue weighted by atomic mass is 10.1. The molecule has 1 unspecified atom stereocenters. The highest BCUT2D eigenvalue weighted by atomic mass is 16.5. The monoisotopic (exact) mass is 373 g/mol. The minimum Gasteiger partial charge on any atom is -0.494 e. The van der Waals surface area contributed by atoms with E-state index in [1.54, 1.807) is 0 Å². The van der Waals surface area contributed by atoms with Crippen LogP contribution in [0.25, 0.3) is 0 Å². The average molecular weight is 374 g/mol. The average Bonchev–Trinajstić information content (AvgIpc) is 3.12. The fraction of sp³-hybridized carbons (Fsp3) is 0.696. The Bertz CT molecular complexity index is 554. The molecule has 0 bridgehead atoms. The molecule has 1 heterocycles. The summed E-state index contributed by atoms with van der Waals surface area (Å²) < 4.78 is 6.70. The molecule has 0 amide bonds. The van der Waals surface area contributed by atoms with Crippen molar-refractivity contribution < 1.29 is 9.50 Å². The van der Waals surface area contributed by atoms with E-state index in [-0.39, 0.29) is 6.04 Å². The van der Waals surface area contributed by atoms with Gasteiger partial charge in [-0.25, -0.2) is 0 Å². The van der Waals surface area contributed by atoms with E-state index in [1.807, 2.05) is 24.3 Å². The smallest absolute Gasteiger partial charge is 0.319 e. The molecule has 1 aromatic rings. The summed E-state index contributed by atoms with van der Waals surface area (Å²) in [5.41, 5.74) is 1.07. The van der Waals surface area contributed by atoms with Gasteiger partial charge in [-0.3, -0.25) is 0 Å². The van der Waals surface area contributed by atoms with Crippen LogP contribution in [-0.4, -0.2) is 24.3 Å². The van der Waals surface area contributed by atoms with Gasteiger partial charge in [-0.15, -0.1) is 0 Å². The molecule has 1 aliphatic rings. The zero-order valence-electron chi connectivity index (χ0n) is 17.1. The van der Waals surface area contributed by atoms with E-state index in [0.717, 1.165) is 29.1 Å². The fourth-order valence-corrected chi connectivity index (χ4v) is 3.53. The molecule has 0 aromatic heterocycles. The number of rotatable bonds is 15. The second-order valence-corrected chi connectivity index (χ2v) is 7.69. The molecule has 0 fully saturated rings. The van der Waals surface area contributed by atoms with Gasteiger partial charge in [-0.1, -0.05) is 99.6 Å². The lowest BCUT2D eigenvalue weighted by Crippen LogP contribution is -2.05.